The van der Waals surface area contributed by atoms with Crippen molar-refractivity contribution in [3.05, 3.63) is 17.7 Å². The third kappa shape index (κ3) is 1.44. The average molecular weight is 151 g/mol. The Morgan fingerprint density at radius 2 is 2.18 bits per heavy atom. The highest BCUT2D eigenvalue weighted by atomic mass is 15.0. The zero-order valence-electron chi connectivity index (χ0n) is 7.68. The zero-order chi connectivity index (χ0) is 8.43. The first-order chi connectivity index (χ1) is 5.16. The fraction of sp³-hybridized carbons (Fsp3) is 0.667. The number of aryl methyl sites for hydroxylation is 1. The molecule has 0 aliphatic rings. The lowest BCUT2D eigenvalue weighted by molar-refractivity contribution is 0.723. The molecule has 1 heterocycles. The lowest BCUT2D eigenvalue weighted by atomic mass is 10.1. The Morgan fingerprint density at radius 1 is 1.55 bits per heavy atom. The van der Waals surface area contributed by atoms with Gasteiger partial charge in [0.1, 0.15) is 0 Å². The van der Waals surface area contributed by atoms with Crippen molar-refractivity contribution in [1.29, 1.82) is 0 Å². The number of aromatic nitrogens is 2. The van der Waals surface area contributed by atoms with Crippen molar-refractivity contribution in [2.24, 2.45) is 0 Å². The maximum absolute atomic E-state index is 4.22. The summed E-state index contributed by atoms with van der Waals surface area (Å²) in [5, 5.41) is 0. The third-order valence-electron chi connectivity index (χ3n) is 1.93. The smallest absolute Gasteiger partial charge is 0.176 e. The van der Waals surface area contributed by atoms with Gasteiger partial charge in [-0.15, -0.1) is 0 Å². The van der Waals surface area contributed by atoms with E-state index in [1.165, 1.54) is 11.4 Å². The Balaban J connectivity index is 3.00. The van der Waals surface area contributed by atoms with Crippen molar-refractivity contribution in [3.8, 4) is 0 Å². The maximum Gasteiger partial charge on any atom is 0.176 e. The highest BCUT2D eigenvalue weighted by Crippen LogP contribution is 2.15. The van der Waals surface area contributed by atoms with E-state index in [4.69, 9.17) is 0 Å². The molecule has 0 unspecified atom stereocenters. The topological polar surface area (TPSA) is 17.8 Å². The van der Waals surface area contributed by atoms with Crippen LogP contribution in [0.15, 0.2) is 0 Å². The Bertz CT molecular complexity index is 236. The molecule has 0 saturated heterocycles. The van der Waals surface area contributed by atoms with Gasteiger partial charge in [-0.3, -0.25) is 0 Å². The summed E-state index contributed by atoms with van der Waals surface area (Å²) < 4.78 is 2.05. The first kappa shape index (κ1) is 8.31. The molecule has 0 saturated carbocycles. The lowest BCUT2D eigenvalue weighted by Crippen LogP contribution is -1.97. The van der Waals surface area contributed by atoms with Gasteiger partial charge >= 0.3 is 0 Å². The third-order valence-corrected chi connectivity index (χ3v) is 1.93. The minimum atomic E-state index is 0.513. The van der Waals surface area contributed by atoms with Gasteiger partial charge in [0.2, 0.25) is 0 Å². The van der Waals surface area contributed by atoms with E-state index in [2.05, 4.69) is 43.6 Å². The molecule has 0 spiro atoms. The van der Waals surface area contributed by atoms with E-state index in [-0.39, 0.29) is 0 Å². The summed E-state index contributed by atoms with van der Waals surface area (Å²) >= 11 is 0. The van der Waals surface area contributed by atoms with Gasteiger partial charge in [0.25, 0.3) is 0 Å². The van der Waals surface area contributed by atoms with Crippen LogP contribution in [-0.2, 0) is 6.54 Å². The molecule has 2 nitrogen and oxygen atoms in total. The van der Waals surface area contributed by atoms with Gasteiger partial charge in [0.05, 0.1) is 5.69 Å². The van der Waals surface area contributed by atoms with Crippen LogP contribution in [0.3, 0.4) is 0 Å². The first-order valence-electron chi connectivity index (χ1n) is 4.11. The highest BCUT2D eigenvalue weighted by Gasteiger charge is 2.08. The van der Waals surface area contributed by atoms with Crippen LogP contribution in [0.1, 0.15) is 38.1 Å². The number of hydrogen-bond acceptors (Lipinski definition) is 1. The van der Waals surface area contributed by atoms with Crippen molar-refractivity contribution >= 4 is 0 Å². The number of nitrogens with zero attached hydrogens (tertiary/aromatic N) is 2. The number of imidazole rings is 1. The van der Waals surface area contributed by atoms with Crippen molar-refractivity contribution in [3.63, 3.8) is 0 Å². The van der Waals surface area contributed by atoms with E-state index in [1.54, 1.807) is 0 Å². The fourth-order valence-corrected chi connectivity index (χ4v) is 1.26. The molecule has 1 aromatic rings. The van der Waals surface area contributed by atoms with Gasteiger partial charge in [0.15, 0.2) is 6.33 Å². The van der Waals surface area contributed by atoms with Gasteiger partial charge in [-0.1, -0.05) is 13.8 Å². The van der Waals surface area contributed by atoms with Crippen LogP contribution < -0.4 is 0 Å². The maximum atomic E-state index is 4.22. The van der Waals surface area contributed by atoms with Crippen LogP contribution in [0.25, 0.3) is 0 Å². The number of rotatable bonds is 2. The zero-order valence-corrected chi connectivity index (χ0v) is 7.68. The second-order valence-electron chi connectivity index (χ2n) is 3.08. The van der Waals surface area contributed by atoms with Crippen molar-refractivity contribution < 1.29 is 0 Å². The molecule has 0 aliphatic carbocycles. The van der Waals surface area contributed by atoms with E-state index in [9.17, 15) is 0 Å². The highest BCUT2D eigenvalue weighted by molar-refractivity contribution is 5.14. The van der Waals surface area contributed by atoms with Crippen LogP contribution >= 0.6 is 0 Å². The largest absolute Gasteiger partial charge is 0.326 e. The summed E-state index contributed by atoms with van der Waals surface area (Å²) in [5.41, 5.74) is 2.43. The van der Waals surface area contributed by atoms with E-state index in [0.717, 1.165) is 6.54 Å². The van der Waals surface area contributed by atoms with Crippen molar-refractivity contribution in [2.75, 3.05) is 0 Å². The second kappa shape index (κ2) is 3.07. The molecule has 2 heteroatoms. The lowest BCUT2D eigenvalue weighted by Gasteiger charge is -2.03. The Morgan fingerprint density at radius 3 is 2.45 bits per heavy atom. The van der Waals surface area contributed by atoms with Gasteiger partial charge in [-0.2, -0.15) is 0 Å². The summed E-state index contributed by atoms with van der Waals surface area (Å²) in [4.78, 5) is 4.22. The van der Waals surface area contributed by atoms with E-state index < -0.39 is 0 Å². The van der Waals surface area contributed by atoms with Crippen LogP contribution in [0.5, 0.6) is 0 Å². The summed E-state index contributed by atoms with van der Waals surface area (Å²) in [6, 6.07) is 0. The molecule has 0 bridgehead atoms. The van der Waals surface area contributed by atoms with Crippen LogP contribution in [0, 0.1) is 13.3 Å². The molecule has 1 aromatic heterocycles. The molecule has 0 aliphatic heterocycles. The van der Waals surface area contributed by atoms with Crippen molar-refractivity contribution in [1.82, 2.24) is 9.55 Å². The molecule has 0 N–H and O–H groups in total. The second-order valence-corrected chi connectivity index (χ2v) is 3.08. The average Bonchev–Trinajstić information content (AvgIpc) is 2.30. The first-order valence-corrected chi connectivity index (χ1v) is 4.11. The molecule has 0 fully saturated rings. The summed E-state index contributed by atoms with van der Waals surface area (Å²) in [6.45, 7) is 9.48. The molecule has 61 valence electrons. The number of hydrogen-bond donors (Lipinski definition) is 0. The molecule has 11 heavy (non-hydrogen) atoms. The predicted molar refractivity (Wildman–Crippen MR) is 45.6 cm³/mol. The van der Waals surface area contributed by atoms with Gasteiger partial charge in [-0.05, 0) is 19.8 Å². The fourth-order valence-electron chi connectivity index (χ4n) is 1.26. The normalized spacial score (nSPS) is 11.0. The molecular formula is C9H15N2. The monoisotopic (exact) mass is 151 g/mol. The summed E-state index contributed by atoms with van der Waals surface area (Å²) in [7, 11) is 0. The van der Waals surface area contributed by atoms with E-state index in [0.29, 0.717) is 5.92 Å². The molecule has 0 aromatic carbocycles. The SMILES string of the molecule is CCn1[c]nc(C(C)C)c1C. The Hall–Kier alpha value is -0.790. The minimum absolute atomic E-state index is 0.513. The molecule has 0 atom stereocenters. The minimum Gasteiger partial charge on any atom is -0.326 e. The Kier molecular flexibility index (Phi) is 2.32. The summed E-state index contributed by atoms with van der Waals surface area (Å²) in [5.74, 6) is 0.513. The predicted octanol–water partition coefficient (Wildman–Crippen LogP) is 2.14. The van der Waals surface area contributed by atoms with E-state index in [1.807, 2.05) is 0 Å². The molecule has 0 amide bonds. The van der Waals surface area contributed by atoms with E-state index >= 15 is 0 Å². The molecule has 1 radical (unpaired) electrons. The molecule has 1 rings (SSSR count). The van der Waals surface area contributed by atoms with Gasteiger partial charge in [0, 0.05) is 12.2 Å². The van der Waals surface area contributed by atoms with Gasteiger partial charge in [-0.25, -0.2) is 4.98 Å². The Labute approximate surface area is 68.3 Å². The quantitative estimate of drug-likeness (QED) is 0.633. The van der Waals surface area contributed by atoms with Gasteiger partial charge < -0.3 is 4.57 Å². The van der Waals surface area contributed by atoms with Crippen LogP contribution in [0.4, 0.5) is 0 Å². The molecular weight excluding hydrogens is 136 g/mol. The standard InChI is InChI=1S/C9H15N2/c1-5-11-6-10-9(7(2)3)8(11)4/h7H,5H2,1-4H3. The summed E-state index contributed by atoms with van der Waals surface area (Å²) in [6.07, 6.45) is 2.97. The van der Waals surface area contributed by atoms with Crippen LogP contribution in [-0.4, -0.2) is 9.55 Å². The van der Waals surface area contributed by atoms with Crippen molar-refractivity contribution in [2.45, 2.75) is 40.2 Å². The van der Waals surface area contributed by atoms with Crippen LogP contribution in [0.2, 0.25) is 0 Å².